The summed E-state index contributed by atoms with van der Waals surface area (Å²) in [6.07, 6.45) is 0.601. The summed E-state index contributed by atoms with van der Waals surface area (Å²) in [5, 5.41) is 5.85. The van der Waals surface area contributed by atoms with Crippen molar-refractivity contribution in [3.05, 3.63) is 59.7 Å². The molecule has 0 bridgehead atoms. The average molecular weight is 350 g/mol. The van der Waals surface area contributed by atoms with Crippen molar-refractivity contribution in [2.45, 2.75) is 39.5 Å². The molecule has 2 amide bonds. The van der Waals surface area contributed by atoms with E-state index >= 15 is 0 Å². The molecule has 2 aromatic carbocycles. The van der Waals surface area contributed by atoms with E-state index in [0.717, 1.165) is 16.9 Å². The Bertz CT molecular complexity index is 819. The maximum atomic E-state index is 12.4. The Morgan fingerprint density at radius 3 is 2.04 bits per heavy atom. The van der Waals surface area contributed by atoms with Gasteiger partial charge in [0.05, 0.1) is 11.8 Å². The normalized spacial score (nSPS) is 18.9. The van der Waals surface area contributed by atoms with E-state index in [1.54, 1.807) is 0 Å². The Hall–Kier alpha value is -2.62. The number of hydrogen-bond acceptors (Lipinski definition) is 2. The van der Waals surface area contributed by atoms with Crippen LogP contribution in [0.4, 0.5) is 11.4 Å². The lowest BCUT2D eigenvalue weighted by atomic mass is 9.87. The molecule has 0 heterocycles. The third kappa shape index (κ3) is 4.13. The van der Waals surface area contributed by atoms with E-state index in [2.05, 4.69) is 31.4 Å². The zero-order chi connectivity index (χ0) is 18.9. The van der Waals surface area contributed by atoms with E-state index in [4.69, 9.17) is 0 Å². The molecule has 26 heavy (non-hydrogen) atoms. The zero-order valence-electron chi connectivity index (χ0n) is 15.8. The van der Waals surface area contributed by atoms with Crippen LogP contribution in [-0.2, 0) is 15.0 Å². The fourth-order valence-corrected chi connectivity index (χ4v) is 3.00. The van der Waals surface area contributed by atoms with E-state index in [-0.39, 0.29) is 29.1 Å². The highest BCUT2D eigenvalue weighted by Gasteiger charge is 2.48. The number of carbonyl (C=O) groups is 2. The molecule has 2 aromatic rings. The molecule has 1 aliphatic rings. The van der Waals surface area contributed by atoms with Crippen LogP contribution < -0.4 is 10.6 Å². The van der Waals surface area contributed by atoms with Crippen molar-refractivity contribution < 1.29 is 9.59 Å². The number of anilines is 2. The topological polar surface area (TPSA) is 58.2 Å². The maximum absolute atomic E-state index is 12.4. The minimum Gasteiger partial charge on any atom is -0.326 e. The standard InChI is InChI=1S/C22H26N2O2/c1-14-7-5-6-8-19(14)24-21(26)18-13-17(18)20(25)23-16-11-9-15(10-12-16)22(2,3)4/h5-12,17-18H,13H2,1-4H3,(H,23,25)(H,24,26). The van der Waals surface area contributed by atoms with Crippen LogP contribution in [0.15, 0.2) is 48.5 Å². The second kappa shape index (κ2) is 6.94. The minimum atomic E-state index is -0.249. The van der Waals surface area contributed by atoms with Gasteiger partial charge in [-0.15, -0.1) is 0 Å². The van der Waals surface area contributed by atoms with E-state index in [1.165, 1.54) is 5.56 Å². The molecular formula is C22H26N2O2. The number of aryl methyl sites for hydroxylation is 1. The molecule has 0 saturated heterocycles. The molecule has 0 aliphatic heterocycles. The molecule has 4 nitrogen and oxygen atoms in total. The lowest BCUT2D eigenvalue weighted by molar-refractivity contribution is -0.122. The number of para-hydroxylation sites is 1. The molecule has 0 aromatic heterocycles. The second-order valence-corrected chi connectivity index (χ2v) is 8.07. The molecule has 4 heteroatoms. The summed E-state index contributed by atoms with van der Waals surface area (Å²) in [7, 11) is 0. The average Bonchev–Trinajstić information content (AvgIpc) is 3.37. The number of carbonyl (C=O) groups excluding carboxylic acids is 2. The fourth-order valence-electron chi connectivity index (χ4n) is 3.00. The van der Waals surface area contributed by atoms with Gasteiger partial charge < -0.3 is 10.6 Å². The minimum absolute atomic E-state index is 0.0810. The zero-order valence-corrected chi connectivity index (χ0v) is 15.8. The number of hydrogen-bond donors (Lipinski definition) is 2. The summed E-state index contributed by atoms with van der Waals surface area (Å²) < 4.78 is 0. The number of nitrogens with one attached hydrogen (secondary N) is 2. The summed E-state index contributed by atoms with van der Waals surface area (Å²) in [6, 6.07) is 15.6. The Balaban J connectivity index is 1.56. The summed E-state index contributed by atoms with van der Waals surface area (Å²) >= 11 is 0. The molecule has 136 valence electrons. The molecule has 0 spiro atoms. The van der Waals surface area contributed by atoms with Crippen LogP contribution in [0.2, 0.25) is 0 Å². The number of amides is 2. The first kappa shape index (κ1) is 18.2. The third-order valence-electron chi connectivity index (χ3n) is 4.89. The van der Waals surface area contributed by atoms with Gasteiger partial charge >= 0.3 is 0 Å². The summed E-state index contributed by atoms with van der Waals surface area (Å²) in [4.78, 5) is 24.8. The predicted molar refractivity (Wildman–Crippen MR) is 105 cm³/mol. The van der Waals surface area contributed by atoms with E-state index < -0.39 is 0 Å². The highest BCUT2D eigenvalue weighted by atomic mass is 16.2. The smallest absolute Gasteiger partial charge is 0.228 e. The monoisotopic (exact) mass is 350 g/mol. The van der Waals surface area contributed by atoms with Gasteiger partial charge in [0.1, 0.15) is 0 Å². The van der Waals surface area contributed by atoms with Gasteiger partial charge in [0.2, 0.25) is 11.8 Å². The molecule has 1 fully saturated rings. The van der Waals surface area contributed by atoms with E-state index in [0.29, 0.717) is 6.42 Å². The first-order valence-electron chi connectivity index (χ1n) is 9.03. The van der Waals surface area contributed by atoms with Crippen LogP contribution in [0.1, 0.15) is 38.3 Å². The van der Waals surface area contributed by atoms with E-state index in [1.807, 2.05) is 55.5 Å². The first-order valence-corrected chi connectivity index (χ1v) is 9.03. The van der Waals surface area contributed by atoms with Crippen LogP contribution in [0.5, 0.6) is 0 Å². The van der Waals surface area contributed by atoms with Crippen molar-refractivity contribution in [3.63, 3.8) is 0 Å². The predicted octanol–water partition coefficient (Wildman–Crippen LogP) is 4.51. The van der Waals surface area contributed by atoms with Gasteiger partial charge in [-0.05, 0) is 48.1 Å². The molecular weight excluding hydrogens is 324 g/mol. The van der Waals surface area contributed by atoms with Gasteiger partial charge in [0.15, 0.2) is 0 Å². The van der Waals surface area contributed by atoms with Gasteiger partial charge in [-0.1, -0.05) is 51.1 Å². The van der Waals surface area contributed by atoms with Gasteiger partial charge in [-0.3, -0.25) is 9.59 Å². The molecule has 2 atom stereocenters. The van der Waals surface area contributed by atoms with E-state index in [9.17, 15) is 9.59 Å². The Morgan fingerprint density at radius 1 is 0.885 bits per heavy atom. The summed E-state index contributed by atoms with van der Waals surface area (Å²) in [5.41, 5.74) is 3.89. The highest BCUT2D eigenvalue weighted by molar-refractivity contribution is 6.03. The lowest BCUT2D eigenvalue weighted by Gasteiger charge is -2.19. The largest absolute Gasteiger partial charge is 0.326 e. The fraction of sp³-hybridized carbons (Fsp3) is 0.364. The quantitative estimate of drug-likeness (QED) is 0.852. The molecule has 2 N–H and O–H groups in total. The van der Waals surface area contributed by atoms with Gasteiger partial charge in [-0.25, -0.2) is 0 Å². The molecule has 3 rings (SSSR count). The second-order valence-electron chi connectivity index (χ2n) is 8.07. The summed E-state index contributed by atoms with van der Waals surface area (Å²) in [5.74, 6) is -0.661. The van der Waals surface area contributed by atoms with Gasteiger partial charge in [0.25, 0.3) is 0 Å². The van der Waals surface area contributed by atoms with Crippen LogP contribution in [0.25, 0.3) is 0 Å². The molecule has 0 radical (unpaired) electrons. The number of rotatable bonds is 4. The summed E-state index contributed by atoms with van der Waals surface area (Å²) in [6.45, 7) is 8.42. The van der Waals surface area contributed by atoms with Crippen molar-refractivity contribution in [1.82, 2.24) is 0 Å². The lowest BCUT2D eigenvalue weighted by Crippen LogP contribution is -2.21. The van der Waals surface area contributed by atoms with Crippen LogP contribution in [-0.4, -0.2) is 11.8 Å². The first-order chi connectivity index (χ1) is 12.3. The molecule has 1 saturated carbocycles. The maximum Gasteiger partial charge on any atom is 0.228 e. The molecule has 2 unspecified atom stereocenters. The molecule has 1 aliphatic carbocycles. The highest BCUT2D eigenvalue weighted by Crippen LogP contribution is 2.40. The van der Waals surface area contributed by atoms with Gasteiger partial charge in [0, 0.05) is 11.4 Å². The van der Waals surface area contributed by atoms with Crippen LogP contribution in [0.3, 0.4) is 0 Å². The Labute approximate surface area is 155 Å². The SMILES string of the molecule is Cc1ccccc1NC(=O)C1CC1C(=O)Nc1ccc(C(C)(C)C)cc1. The van der Waals surface area contributed by atoms with Crippen molar-refractivity contribution >= 4 is 23.2 Å². The van der Waals surface area contributed by atoms with Crippen molar-refractivity contribution in [2.75, 3.05) is 10.6 Å². The van der Waals surface area contributed by atoms with Crippen molar-refractivity contribution in [2.24, 2.45) is 11.8 Å². The third-order valence-corrected chi connectivity index (χ3v) is 4.89. The number of benzene rings is 2. The Kier molecular flexibility index (Phi) is 4.86. The van der Waals surface area contributed by atoms with Crippen LogP contribution >= 0.6 is 0 Å². The van der Waals surface area contributed by atoms with Crippen LogP contribution in [0, 0.1) is 18.8 Å². The van der Waals surface area contributed by atoms with Gasteiger partial charge in [-0.2, -0.15) is 0 Å². The van der Waals surface area contributed by atoms with Crippen molar-refractivity contribution in [1.29, 1.82) is 0 Å². The Morgan fingerprint density at radius 2 is 1.46 bits per heavy atom. The van der Waals surface area contributed by atoms with Crippen molar-refractivity contribution in [3.8, 4) is 0 Å².